The Bertz CT molecular complexity index is 1270. The molecule has 174 valence electrons. The zero-order chi connectivity index (χ0) is 24.3. The van der Waals surface area contributed by atoms with Crippen LogP contribution in [-0.4, -0.2) is 22.4 Å². The fraction of sp³-hybridized carbons (Fsp3) is 0.120. The van der Waals surface area contributed by atoms with Crippen LogP contribution in [0.2, 0.25) is 5.02 Å². The van der Waals surface area contributed by atoms with Gasteiger partial charge in [0.05, 0.1) is 11.3 Å². The highest BCUT2D eigenvalue weighted by atomic mass is 35.5. The normalized spacial score (nSPS) is 12.4. The standard InChI is InChI=1S/C25H17ClF3NO3S/c26-19-9-5-16(6-10-19)21(13-15-1-3-18(4-2-15)24(31)32)23-30-22(14-34-23)17-7-11-20(12-8-17)33-25(27,28)29/h1-12,14,21H,13H2,(H,31,32). The summed E-state index contributed by atoms with van der Waals surface area (Å²) < 4.78 is 41.2. The number of benzene rings is 3. The lowest BCUT2D eigenvalue weighted by atomic mass is 9.92. The Kier molecular flexibility index (Phi) is 6.90. The van der Waals surface area contributed by atoms with Gasteiger partial charge >= 0.3 is 12.3 Å². The van der Waals surface area contributed by atoms with Crippen molar-refractivity contribution in [1.29, 1.82) is 0 Å². The second-order valence-electron chi connectivity index (χ2n) is 7.45. The van der Waals surface area contributed by atoms with E-state index < -0.39 is 12.3 Å². The van der Waals surface area contributed by atoms with Crippen molar-refractivity contribution in [2.45, 2.75) is 18.7 Å². The molecule has 1 unspecified atom stereocenters. The summed E-state index contributed by atoms with van der Waals surface area (Å²) >= 11 is 7.50. The van der Waals surface area contributed by atoms with Crippen LogP contribution in [0.5, 0.6) is 5.75 Å². The fourth-order valence-corrected chi connectivity index (χ4v) is 4.55. The van der Waals surface area contributed by atoms with Gasteiger partial charge in [0.25, 0.3) is 0 Å². The Morgan fingerprint density at radius 1 is 1.00 bits per heavy atom. The summed E-state index contributed by atoms with van der Waals surface area (Å²) in [6.45, 7) is 0. The quantitative estimate of drug-likeness (QED) is 0.285. The second-order valence-corrected chi connectivity index (χ2v) is 8.78. The number of aromatic nitrogens is 1. The summed E-state index contributed by atoms with van der Waals surface area (Å²) in [5.41, 5.74) is 3.44. The molecule has 0 radical (unpaired) electrons. The van der Waals surface area contributed by atoms with Gasteiger partial charge in [-0.3, -0.25) is 0 Å². The van der Waals surface area contributed by atoms with Crippen LogP contribution in [0.3, 0.4) is 0 Å². The van der Waals surface area contributed by atoms with E-state index >= 15 is 0 Å². The van der Waals surface area contributed by atoms with Crippen molar-refractivity contribution in [2.24, 2.45) is 0 Å². The molecule has 0 fully saturated rings. The lowest BCUT2D eigenvalue weighted by molar-refractivity contribution is -0.274. The molecule has 1 N–H and O–H groups in total. The summed E-state index contributed by atoms with van der Waals surface area (Å²) in [6, 6.07) is 19.7. The molecular weight excluding hydrogens is 487 g/mol. The number of hydrogen-bond donors (Lipinski definition) is 1. The minimum Gasteiger partial charge on any atom is -0.478 e. The van der Waals surface area contributed by atoms with E-state index in [0.717, 1.165) is 16.1 Å². The summed E-state index contributed by atoms with van der Waals surface area (Å²) in [5, 5.41) is 12.4. The van der Waals surface area contributed by atoms with Crippen LogP contribution in [0.15, 0.2) is 78.2 Å². The van der Waals surface area contributed by atoms with E-state index in [9.17, 15) is 18.0 Å². The number of halogens is 4. The van der Waals surface area contributed by atoms with Gasteiger partial charge in [-0.25, -0.2) is 9.78 Å². The summed E-state index contributed by atoms with van der Waals surface area (Å²) in [4.78, 5) is 15.9. The van der Waals surface area contributed by atoms with Crippen LogP contribution in [0, 0.1) is 0 Å². The number of nitrogens with zero attached hydrogens (tertiary/aromatic N) is 1. The van der Waals surface area contributed by atoms with Crippen molar-refractivity contribution >= 4 is 28.9 Å². The molecule has 1 heterocycles. The number of alkyl halides is 3. The first-order chi connectivity index (χ1) is 16.2. The van der Waals surface area contributed by atoms with Crippen molar-refractivity contribution in [1.82, 2.24) is 4.98 Å². The molecule has 9 heteroatoms. The van der Waals surface area contributed by atoms with E-state index in [1.807, 2.05) is 17.5 Å². The van der Waals surface area contributed by atoms with E-state index in [0.29, 0.717) is 22.7 Å². The van der Waals surface area contributed by atoms with E-state index in [-0.39, 0.29) is 17.2 Å². The number of rotatable bonds is 7. The molecule has 4 rings (SSSR count). The molecule has 4 nitrogen and oxygen atoms in total. The number of hydrogen-bond acceptors (Lipinski definition) is 4. The van der Waals surface area contributed by atoms with E-state index in [1.165, 1.54) is 35.6 Å². The third kappa shape index (κ3) is 5.95. The average Bonchev–Trinajstić information content (AvgIpc) is 3.28. The van der Waals surface area contributed by atoms with Gasteiger partial charge < -0.3 is 9.84 Å². The first-order valence-electron chi connectivity index (χ1n) is 10.1. The monoisotopic (exact) mass is 503 g/mol. The molecule has 34 heavy (non-hydrogen) atoms. The van der Waals surface area contributed by atoms with Gasteiger partial charge in [0, 0.05) is 21.9 Å². The lowest BCUT2D eigenvalue weighted by Gasteiger charge is -2.16. The number of aromatic carboxylic acids is 1. The molecule has 3 aromatic carbocycles. The maximum absolute atomic E-state index is 12.4. The molecule has 0 spiro atoms. The predicted molar refractivity (Wildman–Crippen MR) is 125 cm³/mol. The molecule has 0 saturated heterocycles. The van der Waals surface area contributed by atoms with Crippen LogP contribution in [0.4, 0.5) is 13.2 Å². The molecule has 0 amide bonds. The van der Waals surface area contributed by atoms with Crippen molar-refractivity contribution in [2.75, 3.05) is 0 Å². The van der Waals surface area contributed by atoms with Crippen molar-refractivity contribution < 1.29 is 27.8 Å². The molecule has 0 aliphatic carbocycles. The van der Waals surface area contributed by atoms with Crippen LogP contribution in [0.1, 0.15) is 32.4 Å². The predicted octanol–water partition coefficient (Wildman–Crippen LogP) is 7.43. The largest absolute Gasteiger partial charge is 0.573 e. The number of carboxylic acids is 1. The summed E-state index contributed by atoms with van der Waals surface area (Å²) in [7, 11) is 0. The molecule has 0 aliphatic rings. The maximum Gasteiger partial charge on any atom is 0.573 e. The number of ether oxygens (including phenoxy) is 1. The van der Waals surface area contributed by atoms with Crippen LogP contribution < -0.4 is 4.74 Å². The molecule has 0 saturated carbocycles. The minimum absolute atomic E-state index is 0.125. The van der Waals surface area contributed by atoms with Crippen LogP contribution in [-0.2, 0) is 6.42 Å². The molecule has 4 aromatic rings. The SMILES string of the molecule is O=C(O)c1ccc(CC(c2ccc(Cl)cc2)c2nc(-c3ccc(OC(F)(F)F)cc3)cs2)cc1. The van der Waals surface area contributed by atoms with Gasteiger partial charge in [-0.15, -0.1) is 24.5 Å². The summed E-state index contributed by atoms with van der Waals surface area (Å²) in [6.07, 6.45) is -4.17. The highest BCUT2D eigenvalue weighted by molar-refractivity contribution is 7.10. The molecule has 1 aromatic heterocycles. The van der Waals surface area contributed by atoms with Crippen molar-refractivity contribution in [3.8, 4) is 17.0 Å². The molecular formula is C25H17ClF3NO3S. The molecule has 1 atom stereocenters. The third-order valence-corrected chi connectivity index (χ3v) is 6.33. The number of carbonyl (C=O) groups is 1. The first-order valence-corrected chi connectivity index (χ1v) is 11.3. The zero-order valence-electron chi connectivity index (χ0n) is 17.4. The Balaban J connectivity index is 1.62. The second kappa shape index (κ2) is 9.87. The first kappa shape index (κ1) is 23.8. The molecule has 0 bridgehead atoms. The van der Waals surface area contributed by atoms with Crippen LogP contribution in [0.25, 0.3) is 11.3 Å². The van der Waals surface area contributed by atoms with Crippen LogP contribution >= 0.6 is 22.9 Å². The topological polar surface area (TPSA) is 59.4 Å². The average molecular weight is 504 g/mol. The van der Waals surface area contributed by atoms with Gasteiger partial charge in [0.15, 0.2) is 0 Å². The Hall–Kier alpha value is -3.36. The van der Waals surface area contributed by atoms with E-state index in [2.05, 4.69) is 4.74 Å². The minimum atomic E-state index is -4.75. The lowest BCUT2D eigenvalue weighted by Crippen LogP contribution is -2.16. The summed E-state index contributed by atoms with van der Waals surface area (Å²) in [5.74, 6) is -1.41. The van der Waals surface area contributed by atoms with Crippen molar-refractivity contribution in [3.05, 3.63) is 105 Å². The van der Waals surface area contributed by atoms with Gasteiger partial charge in [0.1, 0.15) is 10.8 Å². The highest BCUT2D eigenvalue weighted by Gasteiger charge is 2.31. The highest BCUT2D eigenvalue weighted by Crippen LogP contribution is 2.34. The number of carboxylic acid groups (broad SMARTS) is 1. The maximum atomic E-state index is 12.4. The Labute approximate surface area is 202 Å². The Morgan fingerprint density at radius 3 is 2.24 bits per heavy atom. The molecule has 0 aliphatic heterocycles. The van der Waals surface area contributed by atoms with Crippen molar-refractivity contribution in [3.63, 3.8) is 0 Å². The Morgan fingerprint density at radius 2 is 1.65 bits per heavy atom. The van der Waals surface area contributed by atoms with Gasteiger partial charge in [-0.2, -0.15) is 0 Å². The zero-order valence-corrected chi connectivity index (χ0v) is 19.0. The van der Waals surface area contributed by atoms with Gasteiger partial charge in [-0.1, -0.05) is 35.9 Å². The fourth-order valence-electron chi connectivity index (χ4n) is 3.47. The third-order valence-electron chi connectivity index (χ3n) is 5.12. The van der Waals surface area contributed by atoms with Gasteiger partial charge in [-0.05, 0) is 66.1 Å². The smallest absolute Gasteiger partial charge is 0.478 e. The number of thiazole rings is 1. The van der Waals surface area contributed by atoms with E-state index in [4.69, 9.17) is 21.7 Å². The van der Waals surface area contributed by atoms with Gasteiger partial charge in [0.2, 0.25) is 0 Å². The van der Waals surface area contributed by atoms with E-state index in [1.54, 1.807) is 36.4 Å².